The molecule has 0 bridgehead atoms. The molecule has 1 amide bonds. The van der Waals surface area contributed by atoms with Crippen LogP contribution in [0.25, 0.3) is 0 Å². The highest BCUT2D eigenvalue weighted by atomic mass is 16.4. The average Bonchev–Trinajstić information content (AvgIpc) is 2.57. The molecule has 0 radical (unpaired) electrons. The summed E-state index contributed by atoms with van der Waals surface area (Å²) >= 11 is 0. The first-order chi connectivity index (χ1) is 7.56. The molecule has 1 rings (SSSR count). The minimum Gasteiger partial charge on any atom is -0.481 e. The van der Waals surface area contributed by atoms with E-state index >= 15 is 0 Å². The lowest BCUT2D eigenvalue weighted by Crippen LogP contribution is -2.40. The van der Waals surface area contributed by atoms with Crippen LogP contribution in [0.5, 0.6) is 0 Å². The number of carboxylic acids is 1. The first-order valence-corrected chi connectivity index (χ1v) is 5.53. The summed E-state index contributed by atoms with van der Waals surface area (Å²) < 4.78 is 0. The molecule has 1 heterocycles. The molecule has 2 unspecified atom stereocenters. The fourth-order valence-corrected chi connectivity index (χ4v) is 2.21. The van der Waals surface area contributed by atoms with Crippen LogP contribution in [0.15, 0.2) is 0 Å². The Labute approximate surface area is 94.4 Å². The molecule has 0 aromatic heterocycles. The van der Waals surface area contributed by atoms with Crippen molar-refractivity contribution >= 4 is 18.2 Å². The fourth-order valence-electron chi connectivity index (χ4n) is 2.21. The molecule has 0 saturated carbocycles. The number of amides is 1. The molecule has 0 spiro atoms. The Hall–Kier alpha value is -1.39. The molecule has 1 fully saturated rings. The predicted octanol–water partition coefficient (Wildman–Crippen LogP) is 0.820. The zero-order valence-electron chi connectivity index (χ0n) is 9.39. The Morgan fingerprint density at radius 1 is 1.38 bits per heavy atom. The Kier molecular flexibility index (Phi) is 4.46. The molecule has 1 aliphatic rings. The normalized spacial score (nSPS) is 24.4. The minimum absolute atomic E-state index is 0.0228. The second-order valence-electron chi connectivity index (χ2n) is 4.18. The molecular weight excluding hydrogens is 210 g/mol. The number of rotatable bonds is 5. The number of aliphatic carboxylic acids is 1. The van der Waals surface area contributed by atoms with Crippen molar-refractivity contribution in [3.05, 3.63) is 0 Å². The van der Waals surface area contributed by atoms with Gasteiger partial charge in [0.2, 0.25) is 5.91 Å². The average molecular weight is 227 g/mol. The number of hydrogen-bond donors (Lipinski definition) is 1. The maximum absolute atomic E-state index is 11.8. The van der Waals surface area contributed by atoms with E-state index in [2.05, 4.69) is 0 Å². The van der Waals surface area contributed by atoms with E-state index in [4.69, 9.17) is 5.11 Å². The molecular formula is C11H17NO4. The summed E-state index contributed by atoms with van der Waals surface area (Å²) in [6, 6.07) is 0.0834. The van der Waals surface area contributed by atoms with Crippen LogP contribution in [0.1, 0.15) is 39.0 Å². The molecule has 0 aromatic carbocycles. The van der Waals surface area contributed by atoms with Crippen LogP contribution in [-0.2, 0) is 14.4 Å². The van der Waals surface area contributed by atoms with Gasteiger partial charge in [-0.3, -0.25) is 9.59 Å². The van der Waals surface area contributed by atoms with Crippen LogP contribution in [0.2, 0.25) is 0 Å². The van der Waals surface area contributed by atoms with Crippen molar-refractivity contribution in [2.45, 2.75) is 51.1 Å². The summed E-state index contributed by atoms with van der Waals surface area (Å²) in [6.45, 7) is 1.93. The van der Waals surface area contributed by atoms with E-state index in [0.717, 1.165) is 19.1 Å². The molecule has 90 valence electrons. The lowest BCUT2D eigenvalue weighted by Gasteiger charge is -2.27. The van der Waals surface area contributed by atoms with Gasteiger partial charge in [0.15, 0.2) is 0 Å². The van der Waals surface area contributed by atoms with Crippen molar-refractivity contribution in [2.24, 2.45) is 0 Å². The van der Waals surface area contributed by atoms with Gasteiger partial charge >= 0.3 is 5.97 Å². The highest BCUT2D eigenvalue weighted by Crippen LogP contribution is 2.26. The van der Waals surface area contributed by atoms with Crippen LogP contribution in [0.4, 0.5) is 0 Å². The second-order valence-corrected chi connectivity index (χ2v) is 4.18. The maximum atomic E-state index is 11.8. The van der Waals surface area contributed by atoms with Crippen molar-refractivity contribution in [3.8, 4) is 0 Å². The van der Waals surface area contributed by atoms with Gasteiger partial charge in [-0.1, -0.05) is 0 Å². The highest BCUT2D eigenvalue weighted by molar-refractivity contribution is 5.81. The third-order valence-corrected chi connectivity index (χ3v) is 2.99. The van der Waals surface area contributed by atoms with E-state index in [1.54, 1.807) is 4.90 Å². The fraction of sp³-hybridized carbons (Fsp3) is 0.727. The summed E-state index contributed by atoms with van der Waals surface area (Å²) in [7, 11) is 0. The standard InChI is InChI=1S/C11H17NO4/c1-8-2-3-9(6-7-13)12(8)10(14)4-5-11(15)16/h7-9H,2-6H2,1H3,(H,15,16). The number of likely N-dealkylation sites (tertiary alicyclic amines) is 1. The topological polar surface area (TPSA) is 74.7 Å². The highest BCUT2D eigenvalue weighted by Gasteiger charge is 2.33. The Morgan fingerprint density at radius 2 is 2.06 bits per heavy atom. The molecule has 5 heteroatoms. The van der Waals surface area contributed by atoms with Gasteiger partial charge in [0, 0.05) is 24.9 Å². The van der Waals surface area contributed by atoms with Crippen molar-refractivity contribution in [3.63, 3.8) is 0 Å². The van der Waals surface area contributed by atoms with Gasteiger partial charge in [-0.15, -0.1) is 0 Å². The summed E-state index contributed by atoms with van der Waals surface area (Å²) in [5, 5.41) is 8.51. The van der Waals surface area contributed by atoms with E-state index in [0.29, 0.717) is 6.42 Å². The second kappa shape index (κ2) is 5.63. The quantitative estimate of drug-likeness (QED) is 0.705. The molecule has 2 atom stereocenters. The molecule has 16 heavy (non-hydrogen) atoms. The summed E-state index contributed by atoms with van der Waals surface area (Å²) in [6.07, 6.45) is 2.77. The van der Waals surface area contributed by atoms with Crippen molar-refractivity contribution in [1.29, 1.82) is 0 Å². The van der Waals surface area contributed by atoms with Crippen LogP contribution in [-0.4, -0.2) is 40.3 Å². The summed E-state index contributed by atoms with van der Waals surface area (Å²) in [4.78, 5) is 34.3. The number of carbonyl (C=O) groups is 3. The van der Waals surface area contributed by atoms with Gasteiger partial charge in [0.1, 0.15) is 6.29 Å². The van der Waals surface area contributed by atoms with Crippen LogP contribution >= 0.6 is 0 Å². The van der Waals surface area contributed by atoms with Gasteiger partial charge in [-0.2, -0.15) is 0 Å². The lowest BCUT2D eigenvalue weighted by atomic mass is 10.1. The number of nitrogens with zero attached hydrogens (tertiary/aromatic N) is 1. The SMILES string of the molecule is CC1CCC(CC=O)N1C(=O)CCC(=O)O. The van der Waals surface area contributed by atoms with Gasteiger partial charge in [-0.05, 0) is 19.8 Å². The van der Waals surface area contributed by atoms with Crippen molar-refractivity contribution < 1.29 is 19.5 Å². The largest absolute Gasteiger partial charge is 0.481 e. The molecule has 5 nitrogen and oxygen atoms in total. The van der Waals surface area contributed by atoms with Crippen LogP contribution in [0, 0.1) is 0 Å². The van der Waals surface area contributed by atoms with E-state index in [1.807, 2.05) is 6.92 Å². The first-order valence-electron chi connectivity index (χ1n) is 5.53. The Morgan fingerprint density at radius 3 is 2.62 bits per heavy atom. The lowest BCUT2D eigenvalue weighted by molar-refractivity contribution is -0.142. The molecule has 1 aliphatic heterocycles. The van der Waals surface area contributed by atoms with E-state index in [-0.39, 0.29) is 30.8 Å². The van der Waals surface area contributed by atoms with Crippen molar-refractivity contribution in [1.82, 2.24) is 4.90 Å². The monoisotopic (exact) mass is 227 g/mol. The predicted molar refractivity (Wildman–Crippen MR) is 56.9 cm³/mol. The summed E-state index contributed by atoms with van der Waals surface area (Å²) in [5.41, 5.74) is 0. The zero-order chi connectivity index (χ0) is 12.1. The molecule has 0 aliphatic carbocycles. The third kappa shape index (κ3) is 3.05. The van der Waals surface area contributed by atoms with Crippen LogP contribution in [0.3, 0.4) is 0 Å². The number of carboxylic acid groups (broad SMARTS) is 1. The molecule has 0 aromatic rings. The number of aldehydes is 1. The third-order valence-electron chi connectivity index (χ3n) is 2.99. The van der Waals surface area contributed by atoms with Crippen LogP contribution < -0.4 is 0 Å². The van der Waals surface area contributed by atoms with Gasteiger partial charge in [-0.25, -0.2) is 0 Å². The Balaban J connectivity index is 2.56. The van der Waals surface area contributed by atoms with E-state index < -0.39 is 5.97 Å². The van der Waals surface area contributed by atoms with Gasteiger partial charge < -0.3 is 14.8 Å². The smallest absolute Gasteiger partial charge is 0.303 e. The number of hydrogen-bond acceptors (Lipinski definition) is 3. The van der Waals surface area contributed by atoms with Gasteiger partial charge in [0.05, 0.1) is 6.42 Å². The van der Waals surface area contributed by atoms with Crippen molar-refractivity contribution in [2.75, 3.05) is 0 Å². The first kappa shape index (κ1) is 12.7. The zero-order valence-corrected chi connectivity index (χ0v) is 9.39. The van der Waals surface area contributed by atoms with E-state index in [9.17, 15) is 14.4 Å². The molecule has 1 N–H and O–H groups in total. The van der Waals surface area contributed by atoms with E-state index in [1.165, 1.54) is 0 Å². The Bertz CT molecular complexity index is 290. The summed E-state index contributed by atoms with van der Waals surface area (Å²) in [5.74, 6) is -1.12. The maximum Gasteiger partial charge on any atom is 0.303 e. The molecule has 1 saturated heterocycles. The minimum atomic E-state index is -0.966. The number of carbonyl (C=O) groups excluding carboxylic acids is 2. The van der Waals surface area contributed by atoms with Gasteiger partial charge in [0.25, 0.3) is 0 Å².